The van der Waals surface area contributed by atoms with Crippen LogP contribution in [0.25, 0.3) is 0 Å². The van der Waals surface area contributed by atoms with Gasteiger partial charge in [0.15, 0.2) is 0 Å². The van der Waals surface area contributed by atoms with Crippen molar-refractivity contribution in [2.45, 2.75) is 18.4 Å². The Morgan fingerprint density at radius 1 is 1.23 bits per heavy atom. The Kier molecular flexibility index (Phi) is 5.08. The van der Waals surface area contributed by atoms with E-state index >= 15 is 0 Å². The van der Waals surface area contributed by atoms with Crippen molar-refractivity contribution in [1.29, 1.82) is 0 Å². The second kappa shape index (κ2) is 7.23. The zero-order valence-electron chi connectivity index (χ0n) is 12.3. The van der Waals surface area contributed by atoms with Crippen LogP contribution in [0.5, 0.6) is 0 Å². The molecule has 2 aromatic carbocycles. The molecule has 22 heavy (non-hydrogen) atoms. The van der Waals surface area contributed by atoms with E-state index < -0.39 is 0 Å². The van der Waals surface area contributed by atoms with E-state index in [9.17, 15) is 4.39 Å². The standard InChI is InChI=1S/C18H19ClFNO/c19-17-7-2-1-4-14(17)11-16(18-12-21-8-9-22-18)13-5-3-6-15(20)10-13/h1-7,10,16,18,21H,8-9,11-12H2/t16?,18-/m0/s1. The maximum atomic E-state index is 13.6. The average Bonchev–Trinajstić information content (AvgIpc) is 2.55. The number of hydrogen-bond donors (Lipinski definition) is 1. The van der Waals surface area contributed by atoms with E-state index in [1.54, 1.807) is 12.1 Å². The summed E-state index contributed by atoms with van der Waals surface area (Å²) >= 11 is 6.30. The van der Waals surface area contributed by atoms with Crippen molar-refractivity contribution in [3.63, 3.8) is 0 Å². The van der Waals surface area contributed by atoms with E-state index in [0.29, 0.717) is 6.61 Å². The number of rotatable bonds is 4. The van der Waals surface area contributed by atoms with Crippen LogP contribution in [0.4, 0.5) is 4.39 Å². The van der Waals surface area contributed by atoms with Gasteiger partial charge >= 0.3 is 0 Å². The fourth-order valence-corrected chi connectivity index (χ4v) is 3.16. The fraction of sp³-hybridized carbons (Fsp3) is 0.333. The molecule has 0 aromatic heterocycles. The summed E-state index contributed by atoms with van der Waals surface area (Å²) < 4.78 is 19.5. The van der Waals surface area contributed by atoms with Gasteiger partial charge in [-0.25, -0.2) is 4.39 Å². The zero-order valence-corrected chi connectivity index (χ0v) is 13.0. The van der Waals surface area contributed by atoms with Gasteiger partial charge in [0.2, 0.25) is 0 Å². The van der Waals surface area contributed by atoms with E-state index in [0.717, 1.165) is 35.7 Å². The van der Waals surface area contributed by atoms with Gasteiger partial charge < -0.3 is 10.1 Å². The van der Waals surface area contributed by atoms with Crippen LogP contribution in [0.15, 0.2) is 48.5 Å². The molecule has 1 saturated heterocycles. The normalized spacial score (nSPS) is 19.8. The molecule has 4 heteroatoms. The molecule has 2 nitrogen and oxygen atoms in total. The van der Waals surface area contributed by atoms with Crippen molar-refractivity contribution in [3.8, 4) is 0 Å². The molecule has 3 rings (SSSR count). The number of benzene rings is 2. The summed E-state index contributed by atoms with van der Waals surface area (Å²) in [4.78, 5) is 0. The van der Waals surface area contributed by atoms with Crippen LogP contribution in [0.3, 0.4) is 0 Å². The zero-order chi connectivity index (χ0) is 15.4. The molecular formula is C18H19ClFNO. The summed E-state index contributed by atoms with van der Waals surface area (Å²) in [6, 6.07) is 14.6. The minimum Gasteiger partial charge on any atom is -0.375 e. The van der Waals surface area contributed by atoms with Gasteiger partial charge in [0.25, 0.3) is 0 Å². The smallest absolute Gasteiger partial charge is 0.123 e. The first kappa shape index (κ1) is 15.5. The largest absolute Gasteiger partial charge is 0.375 e. The van der Waals surface area contributed by atoms with Crippen LogP contribution in [0.2, 0.25) is 5.02 Å². The first-order chi connectivity index (χ1) is 10.7. The van der Waals surface area contributed by atoms with Gasteiger partial charge in [-0.1, -0.05) is 41.9 Å². The van der Waals surface area contributed by atoms with Gasteiger partial charge in [-0.2, -0.15) is 0 Å². The summed E-state index contributed by atoms with van der Waals surface area (Å²) in [5, 5.41) is 4.09. The molecule has 2 aromatic rings. The van der Waals surface area contributed by atoms with E-state index in [1.807, 2.05) is 30.3 Å². The topological polar surface area (TPSA) is 21.3 Å². The Balaban J connectivity index is 1.90. The van der Waals surface area contributed by atoms with E-state index in [1.165, 1.54) is 6.07 Å². The lowest BCUT2D eigenvalue weighted by Crippen LogP contribution is -2.42. The Hall–Kier alpha value is -1.42. The highest BCUT2D eigenvalue weighted by Gasteiger charge is 2.27. The van der Waals surface area contributed by atoms with E-state index in [4.69, 9.17) is 16.3 Å². The first-order valence-corrected chi connectivity index (χ1v) is 7.93. The highest BCUT2D eigenvalue weighted by Crippen LogP contribution is 2.30. The highest BCUT2D eigenvalue weighted by atomic mass is 35.5. The molecule has 1 aliphatic heterocycles. The minimum atomic E-state index is -0.217. The van der Waals surface area contributed by atoms with Gasteiger partial charge in [-0.3, -0.25) is 0 Å². The minimum absolute atomic E-state index is 0.0202. The van der Waals surface area contributed by atoms with Crippen LogP contribution in [-0.4, -0.2) is 25.8 Å². The number of ether oxygens (including phenoxy) is 1. The molecule has 1 fully saturated rings. The number of halogens is 2. The van der Waals surface area contributed by atoms with Crippen LogP contribution in [-0.2, 0) is 11.2 Å². The second-order valence-corrected chi connectivity index (χ2v) is 5.98. The second-order valence-electron chi connectivity index (χ2n) is 5.57. The SMILES string of the molecule is Fc1cccc(C(Cc2ccccc2Cl)[C@@H]2CNCCO2)c1. The van der Waals surface area contributed by atoms with E-state index in [2.05, 4.69) is 5.32 Å². The summed E-state index contributed by atoms with van der Waals surface area (Å²) in [6.07, 6.45) is 0.752. The lowest BCUT2D eigenvalue weighted by Gasteiger charge is -2.31. The number of morpholine rings is 1. The van der Waals surface area contributed by atoms with Gasteiger partial charge in [0.1, 0.15) is 5.82 Å². The third kappa shape index (κ3) is 3.67. The molecule has 0 amide bonds. The van der Waals surface area contributed by atoms with Crippen molar-refractivity contribution in [3.05, 3.63) is 70.5 Å². The van der Waals surface area contributed by atoms with Crippen molar-refractivity contribution in [2.75, 3.05) is 19.7 Å². The fourth-order valence-electron chi connectivity index (χ4n) is 2.95. The van der Waals surface area contributed by atoms with Crippen LogP contribution < -0.4 is 5.32 Å². The van der Waals surface area contributed by atoms with Crippen LogP contribution >= 0.6 is 11.6 Å². The van der Waals surface area contributed by atoms with Crippen molar-refractivity contribution in [1.82, 2.24) is 5.32 Å². The third-order valence-corrected chi connectivity index (χ3v) is 4.45. The average molecular weight is 320 g/mol. The predicted molar refractivity (Wildman–Crippen MR) is 86.9 cm³/mol. The summed E-state index contributed by atoms with van der Waals surface area (Å²) in [7, 11) is 0. The lowest BCUT2D eigenvalue weighted by atomic mass is 9.86. The molecule has 2 atom stereocenters. The van der Waals surface area contributed by atoms with Gasteiger partial charge in [0.05, 0.1) is 12.7 Å². The lowest BCUT2D eigenvalue weighted by molar-refractivity contribution is 0.0110. The van der Waals surface area contributed by atoms with Gasteiger partial charge in [0, 0.05) is 24.0 Å². The molecular weight excluding hydrogens is 301 g/mol. The Labute approximate surface area is 135 Å². The third-order valence-electron chi connectivity index (χ3n) is 4.08. The van der Waals surface area contributed by atoms with Crippen molar-refractivity contribution >= 4 is 11.6 Å². The maximum absolute atomic E-state index is 13.6. The predicted octanol–water partition coefficient (Wildman–Crippen LogP) is 3.79. The number of hydrogen-bond acceptors (Lipinski definition) is 2. The monoisotopic (exact) mass is 319 g/mol. The van der Waals surface area contributed by atoms with Crippen LogP contribution in [0.1, 0.15) is 17.0 Å². The first-order valence-electron chi connectivity index (χ1n) is 7.55. The molecule has 0 spiro atoms. The molecule has 1 unspecified atom stereocenters. The Morgan fingerprint density at radius 3 is 2.82 bits per heavy atom. The molecule has 0 radical (unpaired) electrons. The van der Waals surface area contributed by atoms with E-state index in [-0.39, 0.29) is 17.8 Å². The molecule has 1 N–H and O–H groups in total. The highest BCUT2D eigenvalue weighted by molar-refractivity contribution is 6.31. The quantitative estimate of drug-likeness (QED) is 0.925. The molecule has 1 aliphatic rings. The Bertz CT molecular complexity index is 628. The summed E-state index contributed by atoms with van der Waals surface area (Å²) in [5.41, 5.74) is 2.02. The molecule has 0 saturated carbocycles. The van der Waals surface area contributed by atoms with Crippen LogP contribution in [0, 0.1) is 5.82 Å². The molecule has 0 bridgehead atoms. The summed E-state index contributed by atoms with van der Waals surface area (Å²) in [5.74, 6) is -0.145. The van der Waals surface area contributed by atoms with Crippen molar-refractivity contribution < 1.29 is 9.13 Å². The number of nitrogens with one attached hydrogen (secondary N) is 1. The molecule has 116 valence electrons. The maximum Gasteiger partial charge on any atom is 0.123 e. The molecule has 0 aliphatic carbocycles. The molecule has 1 heterocycles. The van der Waals surface area contributed by atoms with Gasteiger partial charge in [-0.15, -0.1) is 0 Å². The van der Waals surface area contributed by atoms with Gasteiger partial charge in [-0.05, 0) is 35.7 Å². The Morgan fingerprint density at radius 2 is 2.09 bits per heavy atom. The summed E-state index contributed by atoms with van der Waals surface area (Å²) in [6.45, 7) is 2.31. The van der Waals surface area contributed by atoms with Crippen molar-refractivity contribution in [2.24, 2.45) is 0 Å².